The van der Waals surface area contributed by atoms with Crippen LogP contribution in [0, 0.1) is 0 Å². The smallest absolute Gasteiger partial charge is 0.289 e. The SMILES string of the molecule is CC[C@H](CC1COC(Nc2ccc(O)cc2O[C@@H](CC)C[C@H]2COC(N)=N2)=N1)Oc1cccc(OCc2ccccc2)c1. The molecule has 0 radical (unpaired) electrons. The summed E-state index contributed by atoms with van der Waals surface area (Å²) in [6.07, 6.45) is 2.72. The first-order valence-corrected chi connectivity index (χ1v) is 14.8. The van der Waals surface area contributed by atoms with E-state index in [1.807, 2.05) is 61.5 Å². The number of ether oxygens (including phenoxy) is 5. The van der Waals surface area contributed by atoms with Gasteiger partial charge in [0.1, 0.15) is 55.0 Å². The third-order valence-electron chi connectivity index (χ3n) is 7.28. The molecule has 228 valence electrons. The lowest BCUT2D eigenvalue weighted by Crippen LogP contribution is -2.23. The number of aromatic hydroxyl groups is 1. The largest absolute Gasteiger partial charge is 0.508 e. The summed E-state index contributed by atoms with van der Waals surface area (Å²) >= 11 is 0. The normalized spacial score (nSPS) is 18.9. The lowest BCUT2D eigenvalue weighted by Gasteiger charge is -2.21. The van der Waals surface area contributed by atoms with Crippen molar-refractivity contribution in [2.75, 3.05) is 18.5 Å². The van der Waals surface area contributed by atoms with Crippen molar-refractivity contribution in [3.8, 4) is 23.0 Å². The van der Waals surface area contributed by atoms with Crippen molar-refractivity contribution in [1.29, 1.82) is 0 Å². The van der Waals surface area contributed by atoms with Gasteiger partial charge in [-0.1, -0.05) is 50.2 Å². The van der Waals surface area contributed by atoms with Crippen molar-refractivity contribution in [3.05, 3.63) is 78.4 Å². The molecule has 2 aliphatic rings. The molecule has 3 aromatic carbocycles. The Morgan fingerprint density at radius 2 is 1.58 bits per heavy atom. The van der Waals surface area contributed by atoms with Crippen molar-refractivity contribution in [3.63, 3.8) is 0 Å². The van der Waals surface area contributed by atoms with Crippen LogP contribution < -0.4 is 25.3 Å². The number of aliphatic imine (C=N–C) groups is 2. The second kappa shape index (κ2) is 14.5. The van der Waals surface area contributed by atoms with Crippen LogP contribution in [0.2, 0.25) is 0 Å². The Kier molecular flexibility index (Phi) is 10.1. The summed E-state index contributed by atoms with van der Waals surface area (Å²) in [7, 11) is 0. The number of nitrogens with two attached hydrogens (primary N) is 1. The molecule has 10 nitrogen and oxygen atoms in total. The molecule has 0 fully saturated rings. The van der Waals surface area contributed by atoms with Gasteiger partial charge in [0.2, 0.25) is 0 Å². The Labute approximate surface area is 252 Å². The molecule has 0 aliphatic carbocycles. The second-order valence-electron chi connectivity index (χ2n) is 10.7. The van der Waals surface area contributed by atoms with Crippen LogP contribution in [0.25, 0.3) is 0 Å². The highest BCUT2D eigenvalue weighted by Crippen LogP contribution is 2.32. The van der Waals surface area contributed by atoms with Crippen LogP contribution in [0.1, 0.15) is 45.1 Å². The molecule has 0 spiro atoms. The van der Waals surface area contributed by atoms with E-state index in [1.54, 1.807) is 18.2 Å². The lowest BCUT2D eigenvalue weighted by atomic mass is 10.1. The first-order chi connectivity index (χ1) is 21.0. The van der Waals surface area contributed by atoms with E-state index < -0.39 is 0 Å². The number of anilines is 1. The highest BCUT2D eigenvalue weighted by atomic mass is 16.5. The van der Waals surface area contributed by atoms with Gasteiger partial charge in [-0.05, 0) is 42.7 Å². The summed E-state index contributed by atoms with van der Waals surface area (Å²) in [6.45, 7) is 5.52. The van der Waals surface area contributed by atoms with E-state index >= 15 is 0 Å². The molecule has 5 rings (SSSR count). The number of amidine groups is 2. The average molecular weight is 589 g/mol. The molecule has 1 unspecified atom stereocenters. The highest BCUT2D eigenvalue weighted by Gasteiger charge is 2.26. The van der Waals surface area contributed by atoms with Gasteiger partial charge < -0.3 is 39.8 Å². The fraction of sp³-hybridized carbons (Fsp3) is 0.394. The lowest BCUT2D eigenvalue weighted by molar-refractivity contribution is 0.167. The first-order valence-electron chi connectivity index (χ1n) is 14.8. The van der Waals surface area contributed by atoms with Gasteiger partial charge in [0.25, 0.3) is 12.0 Å². The topological polar surface area (TPSA) is 129 Å². The molecule has 0 saturated carbocycles. The highest BCUT2D eigenvalue weighted by molar-refractivity contribution is 5.91. The zero-order valence-electron chi connectivity index (χ0n) is 24.6. The molecule has 3 aromatic rings. The van der Waals surface area contributed by atoms with Gasteiger partial charge >= 0.3 is 0 Å². The minimum Gasteiger partial charge on any atom is -0.508 e. The minimum atomic E-state index is -0.144. The molecule has 2 heterocycles. The summed E-state index contributed by atoms with van der Waals surface area (Å²) in [6, 6.07) is 23.2. The van der Waals surface area contributed by atoms with Gasteiger partial charge in [0.15, 0.2) is 0 Å². The van der Waals surface area contributed by atoms with Gasteiger partial charge in [-0.15, -0.1) is 0 Å². The van der Waals surface area contributed by atoms with E-state index in [-0.39, 0.29) is 36.1 Å². The third-order valence-corrected chi connectivity index (χ3v) is 7.28. The summed E-state index contributed by atoms with van der Waals surface area (Å²) in [5, 5.41) is 13.4. The summed E-state index contributed by atoms with van der Waals surface area (Å²) in [4.78, 5) is 9.06. The molecule has 4 N–H and O–H groups in total. The van der Waals surface area contributed by atoms with E-state index in [1.165, 1.54) is 0 Å². The second-order valence-corrected chi connectivity index (χ2v) is 10.7. The van der Waals surface area contributed by atoms with Crippen molar-refractivity contribution in [2.45, 2.75) is 70.4 Å². The Morgan fingerprint density at radius 3 is 2.33 bits per heavy atom. The summed E-state index contributed by atoms with van der Waals surface area (Å²) in [5.74, 6) is 2.12. The molecular formula is C33H40N4O6. The average Bonchev–Trinajstić information content (AvgIpc) is 3.65. The summed E-state index contributed by atoms with van der Waals surface area (Å²) < 4.78 is 29.7. The van der Waals surface area contributed by atoms with E-state index in [0.717, 1.165) is 29.9 Å². The predicted octanol–water partition coefficient (Wildman–Crippen LogP) is 5.65. The molecule has 0 amide bonds. The van der Waals surface area contributed by atoms with E-state index in [4.69, 9.17) is 34.4 Å². The van der Waals surface area contributed by atoms with Crippen LogP contribution in [0.5, 0.6) is 23.0 Å². The van der Waals surface area contributed by atoms with Gasteiger partial charge in [-0.2, -0.15) is 0 Å². The standard InChI is InChI=1S/C33H40N4O6/c1-3-26(42-29-12-8-11-28(18-29)39-19-22-9-6-5-7-10-22)16-24-21-41-33(36-24)37-30-14-13-25(38)17-31(30)43-27(4-2)15-23-20-40-32(34)35-23/h5-14,17-18,23-24,26-27,38H,3-4,15-16,19-21H2,1-2H3,(H2,34,35)(H,36,37)/t23-,24?,26+,27-/m0/s1. The monoisotopic (exact) mass is 588 g/mol. The predicted molar refractivity (Wildman–Crippen MR) is 166 cm³/mol. The van der Waals surface area contributed by atoms with Gasteiger partial charge in [-0.3, -0.25) is 0 Å². The number of nitrogens with zero attached hydrogens (tertiary/aromatic N) is 2. The van der Waals surface area contributed by atoms with Gasteiger partial charge in [0, 0.05) is 25.0 Å². The van der Waals surface area contributed by atoms with E-state index in [0.29, 0.717) is 50.1 Å². The first kappa shape index (κ1) is 29.9. The van der Waals surface area contributed by atoms with E-state index in [9.17, 15) is 5.11 Å². The molecule has 0 bridgehead atoms. The van der Waals surface area contributed by atoms with Crippen molar-refractivity contribution in [1.82, 2.24) is 0 Å². The van der Waals surface area contributed by atoms with Crippen LogP contribution >= 0.6 is 0 Å². The Bertz CT molecular complexity index is 1400. The van der Waals surface area contributed by atoms with Crippen LogP contribution in [0.15, 0.2) is 82.8 Å². The fourth-order valence-electron chi connectivity index (χ4n) is 4.94. The number of nitrogens with one attached hydrogen (secondary N) is 1. The third kappa shape index (κ3) is 8.70. The molecule has 43 heavy (non-hydrogen) atoms. The Morgan fingerprint density at radius 1 is 0.860 bits per heavy atom. The van der Waals surface area contributed by atoms with Gasteiger partial charge in [-0.25, -0.2) is 9.98 Å². The maximum absolute atomic E-state index is 10.1. The van der Waals surface area contributed by atoms with Crippen LogP contribution in [-0.2, 0) is 16.1 Å². The molecular weight excluding hydrogens is 548 g/mol. The van der Waals surface area contributed by atoms with Crippen LogP contribution in [0.4, 0.5) is 5.69 Å². The molecule has 0 aromatic heterocycles. The quantitative estimate of drug-likeness (QED) is 0.206. The van der Waals surface area contributed by atoms with E-state index in [2.05, 4.69) is 17.2 Å². The van der Waals surface area contributed by atoms with Crippen molar-refractivity contribution < 1.29 is 28.8 Å². The maximum atomic E-state index is 10.1. The molecule has 2 aliphatic heterocycles. The van der Waals surface area contributed by atoms with Crippen molar-refractivity contribution in [2.24, 2.45) is 15.7 Å². The van der Waals surface area contributed by atoms with Crippen LogP contribution in [0.3, 0.4) is 0 Å². The number of hydrogen-bond acceptors (Lipinski definition) is 10. The van der Waals surface area contributed by atoms with Crippen LogP contribution in [-0.4, -0.2) is 54.7 Å². The number of hydrogen-bond donors (Lipinski definition) is 3. The van der Waals surface area contributed by atoms with Gasteiger partial charge in [0.05, 0.1) is 17.8 Å². The Hall–Kier alpha value is -4.60. The zero-order chi connectivity index (χ0) is 30.0. The Balaban J connectivity index is 1.16. The number of phenols is 1. The maximum Gasteiger partial charge on any atom is 0.289 e. The fourth-order valence-corrected chi connectivity index (χ4v) is 4.94. The minimum absolute atomic E-state index is 0.0461. The molecule has 4 atom stereocenters. The number of rotatable bonds is 14. The molecule has 10 heteroatoms. The molecule has 0 saturated heterocycles. The zero-order valence-corrected chi connectivity index (χ0v) is 24.6. The summed E-state index contributed by atoms with van der Waals surface area (Å²) in [5.41, 5.74) is 7.42. The number of benzene rings is 3. The number of phenolic OH excluding ortho intramolecular Hbond substituents is 1. The van der Waals surface area contributed by atoms with Crippen molar-refractivity contribution >= 4 is 17.7 Å².